The van der Waals surface area contributed by atoms with Gasteiger partial charge in [-0.05, 0) is 18.6 Å². The maximum atomic E-state index is 12.4. The van der Waals surface area contributed by atoms with E-state index in [0.29, 0.717) is 0 Å². The second-order valence-corrected chi connectivity index (χ2v) is 3.55. The molecule has 1 aromatic rings. The van der Waals surface area contributed by atoms with Crippen LogP contribution in [-0.4, -0.2) is 17.6 Å². The van der Waals surface area contributed by atoms with E-state index >= 15 is 0 Å². The van der Waals surface area contributed by atoms with Crippen LogP contribution in [0.2, 0.25) is 5.02 Å². The predicted molar refractivity (Wildman–Crippen MR) is 54.6 cm³/mol. The summed E-state index contributed by atoms with van der Waals surface area (Å²) in [7, 11) is 0. The average molecular weight is 268 g/mol. The fourth-order valence-corrected chi connectivity index (χ4v) is 1.31. The first kappa shape index (κ1) is 13.8. The van der Waals surface area contributed by atoms with E-state index in [9.17, 15) is 18.0 Å². The standard InChI is InChI=1S/C10H9ClF3NO2/c1-2-17-9(16)4-6-3-8(10(12,13)14)15-5-7(6)11/h3,5H,2,4H2,1H3. The third kappa shape index (κ3) is 3.89. The van der Waals surface area contributed by atoms with Crippen LogP contribution in [0.5, 0.6) is 0 Å². The van der Waals surface area contributed by atoms with Crippen molar-refractivity contribution in [2.75, 3.05) is 6.61 Å². The van der Waals surface area contributed by atoms with E-state index < -0.39 is 17.8 Å². The van der Waals surface area contributed by atoms with Gasteiger partial charge in [-0.25, -0.2) is 0 Å². The molecule has 94 valence electrons. The van der Waals surface area contributed by atoms with E-state index in [0.717, 1.165) is 12.3 Å². The molecule has 0 radical (unpaired) electrons. The fourth-order valence-electron chi connectivity index (χ4n) is 1.14. The molecule has 0 aliphatic rings. The van der Waals surface area contributed by atoms with E-state index in [1.807, 2.05) is 0 Å². The second kappa shape index (κ2) is 5.35. The molecule has 0 saturated carbocycles. The van der Waals surface area contributed by atoms with Crippen LogP contribution in [0.4, 0.5) is 13.2 Å². The summed E-state index contributed by atoms with van der Waals surface area (Å²) in [6, 6.07) is 0.749. The minimum Gasteiger partial charge on any atom is -0.466 e. The lowest BCUT2D eigenvalue weighted by molar-refractivity contribution is -0.143. The summed E-state index contributed by atoms with van der Waals surface area (Å²) in [6.45, 7) is 1.76. The van der Waals surface area contributed by atoms with Gasteiger partial charge in [0.2, 0.25) is 0 Å². The van der Waals surface area contributed by atoms with Crippen molar-refractivity contribution in [3.05, 3.63) is 28.5 Å². The molecule has 0 saturated heterocycles. The average Bonchev–Trinajstić information content (AvgIpc) is 2.20. The van der Waals surface area contributed by atoms with E-state index in [-0.39, 0.29) is 23.6 Å². The minimum absolute atomic E-state index is 0.00560. The van der Waals surface area contributed by atoms with Gasteiger partial charge in [-0.15, -0.1) is 0 Å². The molecule has 0 unspecified atom stereocenters. The Bertz CT molecular complexity index is 421. The lowest BCUT2D eigenvalue weighted by Crippen LogP contribution is -2.12. The Labute approximate surface area is 101 Å². The second-order valence-electron chi connectivity index (χ2n) is 3.14. The van der Waals surface area contributed by atoms with Gasteiger partial charge in [0.1, 0.15) is 5.69 Å². The Hall–Kier alpha value is -1.30. The van der Waals surface area contributed by atoms with Crippen molar-refractivity contribution in [3.63, 3.8) is 0 Å². The molecular weight excluding hydrogens is 259 g/mol. The van der Waals surface area contributed by atoms with Gasteiger partial charge in [0.15, 0.2) is 0 Å². The van der Waals surface area contributed by atoms with Crippen LogP contribution in [0.15, 0.2) is 12.3 Å². The summed E-state index contributed by atoms with van der Waals surface area (Å²) < 4.78 is 41.7. The molecule has 0 aliphatic carbocycles. The number of esters is 1. The van der Waals surface area contributed by atoms with Crippen LogP contribution in [0, 0.1) is 0 Å². The Morgan fingerprint density at radius 3 is 2.71 bits per heavy atom. The largest absolute Gasteiger partial charge is 0.466 e. The number of hydrogen-bond donors (Lipinski definition) is 0. The van der Waals surface area contributed by atoms with Gasteiger partial charge in [-0.2, -0.15) is 13.2 Å². The topological polar surface area (TPSA) is 39.2 Å². The van der Waals surface area contributed by atoms with Gasteiger partial charge in [-0.3, -0.25) is 9.78 Å². The van der Waals surface area contributed by atoms with Crippen molar-refractivity contribution in [1.82, 2.24) is 4.98 Å². The summed E-state index contributed by atoms with van der Waals surface area (Å²) in [5, 5.41) is 0.00560. The number of alkyl halides is 3. The van der Waals surface area contributed by atoms with Gasteiger partial charge in [0.05, 0.1) is 18.1 Å². The quantitative estimate of drug-likeness (QED) is 0.791. The highest BCUT2D eigenvalue weighted by Crippen LogP contribution is 2.29. The molecule has 0 N–H and O–H groups in total. The van der Waals surface area contributed by atoms with Gasteiger partial charge in [-0.1, -0.05) is 11.6 Å². The van der Waals surface area contributed by atoms with Gasteiger partial charge < -0.3 is 4.74 Å². The molecule has 0 fully saturated rings. The summed E-state index contributed by atoms with van der Waals surface area (Å²) >= 11 is 5.65. The molecule has 3 nitrogen and oxygen atoms in total. The highest BCUT2D eigenvalue weighted by molar-refractivity contribution is 6.31. The van der Waals surface area contributed by atoms with Gasteiger partial charge in [0, 0.05) is 6.20 Å². The minimum atomic E-state index is -4.56. The number of nitrogens with zero attached hydrogens (tertiary/aromatic N) is 1. The van der Waals surface area contributed by atoms with E-state index in [2.05, 4.69) is 9.72 Å². The molecule has 7 heteroatoms. The molecule has 1 rings (SSSR count). The number of hydrogen-bond acceptors (Lipinski definition) is 3. The van der Waals surface area contributed by atoms with Crippen molar-refractivity contribution in [2.45, 2.75) is 19.5 Å². The van der Waals surface area contributed by atoms with Crippen LogP contribution in [-0.2, 0) is 22.1 Å². The molecule has 0 aliphatic heterocycles. The number of aromatic nitrogens is 1. The first-order valence-electron chi connectivity index (χ1n) is 4.71. The van der Waals surface area contributed by atoms with Gasteiger partial charge in [0.25, 0.3) is 0 Å². The third-order valence-corrected chi connectivity index (χ3v) is 2.21. The molecular formula is C10H9ClF3NO2. The SMILES string of the molecule is CCOC(=O)Cc1cc(C(F)(F)F)ncc1Cl. The first-order chi connectivity index (χ1) is 7.84. The van der Waals surface area contributed by atoms with Gasteiger partial charge >= 0.3 is 12.1 Å². The van der Waals surface area contributed by atoms with E-state index in [1.54, 1.807) is 6.92 Å². The van der Waals surface area contributed by atoms with E-state index in [4.69, 9.17) is 11.6 Å². The molecule has 0 aromatic carbocycles. The highest BCUT2D eigenvalue weighted by Gasteiger charge is 2.33. The van der Waals surface area contributed by atoms with Crippen LogP contribution in [0.1, 0.15) is 18.2 Å². The first-order valence-corrected chi connectivity index (χ1v) is 5.09. The zero-order valence-corrected chi connectivity index (χ0v) is 9.60. The zero-order chi connectivity index (χ0) is 13.1. The molecule has 1 aromatic heterocycles. The molecule has 0 amide bonds. The lowest BCUT2D eigenvalue weighted by atomic mass is 10.1. The molecule has 0 atom stereocenters. The number of carbonyl (C=O) groups excluding carboxylic acids is 1. The zero-order valence-electron chi connectivity index (χ0n) is 8.84. The number of ether oxygens (including phenoxy) is 1. The van der Waals surface area contributed by atoms with E-state index in [1.165, 1.54) is 0 Å². The smallest absolute Gasteiger partial charge is 0.433 e. The van der Waals surface area contributed by atoms with Crippen LogP contribution in [0.25, 0.3) is 0 Å². The molecule has 17 heavy (non-hydrogen) atoms. The summed E-state index contributed by atoms with van der Waals surface area (Å²) in [6.07, 6.45) is -3.99. The van der Waals surface area contributed by atoms with Crippen LogP contribution < -0.4 is 0 Å². The number of halogens is 4. The van der Waals surface area contributed by atoms with Crippen molar-refractivity contribution in [1.29, 1.82) is 0 Å². The summed E-state index contributed by atoms with van der Waals surface area (Å²) in [4.78, 5) is 14.3. The molecule has 1 heterocycles. The summed E-state index contributed by atoms with van der Waals surface area (Å²) in [5.41, 5.74) is -1.03. The van der Waals surface area contributed by atoms with Crippen molar-refractivity contribution >= 4 is 17.6 Å². The number of pyridine rings is 1. The summed E-state index contributed by atoms with van der Waals surface area (Å²) in [5.74, 6) is -0.631. The maximum Gasteiger partial charge on any atom is 0.433 e. The van der Waals surface area contributed by atoms with Crippen molar-refractivity contribution < 1.29 is 22.7 Å². The lowest BCUT2D eigenvalue weighted by Gasteiger charge is -2.09. The maximum absolute atomic E-state index is 12.4. The van der Waals surface area contributed by atoms with Crippen molar-refractivity contribution in [3.8, 4) is 0 Å². The number of rotatable bonds is 3. The Balaban J connectivity index is 2.95. The molecule has 0 bridgehead atoms. The number of carbonyl (C=O) groups is 1. The Morgan fingerprint density at radius 2 is 2.18 bits per heavy atom. The Morgan fingerprint density at radius 1 is 1.53 bits per heavy atom. The normalized spacial score (nSPS) is 11.4. The van der Waals surface area contributed by atoms with Crippen molar-refractivity contribution in [2.24, 2.45) is 0 Å². The Kier molecular flexibility index (Phi) is 4.34. The third-order valence-electron chi connectivity index (χ3n) is 1.87. The van der Waals surface area contributed by atoms with Crippen LogP contribution in [0.3, 0.4) is 0 Å². The fraction of sp³-hybridized carbons (Fsp3) is 0.400. The predicted octanol–water partition coefficient (Wildman–Crippen LogP) is 2.86. The van der Waals surface area contributed by atoms with Crippen LogP contribution >= 0.6 is 11.6 Å². The molecule has 0 spiro atoms. The highest BCUT2D eigenvalue weighted by atomic mass is 35.5. The monoisotopic (exact) mass is 267 g/mol.